The zero-order valence-corrected chi connectivity index (χ0v) is 21.7. The maximum Gasteiger partial charge on any atom is 0.274 e. The Balaban J connectivity index is 2.91. The average molecular weight is 460 g/mol. The third-order valence-electron chi connectivity index (χ3n) is 5.72. The molecule has 0 spiro atoms. The third kappa shape index (κ3) is 7.67. The molecule has 1 aromatic heterocycles. The van der Waals surface area contributed by atoms with E-state index in [1.54, 1.807) is 14.0 Å². The minimum atomic E-state index is -0.283. The summed E-state index contributed by atoms with van der Waals surface area (Å²) >= 11 is 0. The van der Waals surface area contributed by atoms with Crippen molar-refractivity contribution in [3.8, 4) is 11.6 Å². The van der Waals surface area contributed by atoms with Crippen LogP contribution in [-0.2, 0) is 11.2 Å². The van der Waals surface area contributed by atoms with Crippen LogP contribution in [-0.4, -0.2) is 37.4 Å². The summed E-state index contributed by atoms with van der Waals surface area (Å²) in [5, 5.41) is 10.5. The van der Waals surface area contributed by atoms with Crippen molar-refractivity contribution >= 4 is 0 Å². The van der Waals surface area contributed by atoms with Crippen molar-refractivity contribution in [1.82, 2.24) is 4.73 Å². The van der Waals surface area contributed by atoms with Crippen molar-refractivity contribution in [1.29, 1.82) is 0 Å². The van der Waals surface area contributed by atoms with Gasteiger partial charge in [-0.05, 0) is 46.1 Å². The van der Waals surface area contributed by atoms with Gasteiger partial charge in [0, 0.05) is 25.0 Å². The Hall–Kier alpha value is -2.73. The minimum absolute atomic E-state index is 0.00214. The van der Waals surface area contributed by atoms with E-state index in [9.17, 15) is 10.0 Å². The fourth-order valence-electron chi connectivity index (χ4n) is 3.97. The quantitative estimate of drug-likeness (QED) is 0.243. The van der Waals surface area contributed by atoms with Gasteiger partial charge in [0.2, 0.25) is 11.2 Å². The predicted molar refractivity (Wildman–Crippen MR) is 135 cm³/mol. The third-order valence-corrected chi connectivity index (χ3v) is 5.72. The van der Waals surface area contributed by atoms with Crippen LogP contribution in [0.2, 0.25) is 0 Å². The molecule has 0 radical (unpaired) electrons. The molecule has 0 unspecified atom stereocenters. The van der Waals surface area contributed by atoms with E-state index < -0.39 is 0 Å². The molecule has 0 saturated heterocycles. The van der Waals surface area contributed by atoms with Crippen LogP contribution in [0.25, 0.3) is 0 Å². The van der Waals surface area contributed by atoms with Crippen molar-refractivity contribution in [2.75, 3.05) is 21.3 Å². The lowest BCUT2D eigenvalue weighted by Gasteiger charge is -2.21. The molecule has 0 aliphatic rings. The highest BCUT2D eigenvalue weighted by Crippen LogP contribution is 2.25. The van der Waals surface area contributed by atoms with Crippen LogP contribution in [0.4, 0.5) is 0 Å². The molecule has 1 rings (SSSR count). The molecule has 1 aromatic rings. The van der Waals surface area contributed by atoms with Gasteiger partial charge in [0.1, 0.15) is 0 Å². The number of hydrogen-bond donors (Lipinski definition) is 1. The number of methoxy groups -OCH3 is 3. The van der Waals surface area contributed by atoms with Crippen molar-refractivity contribution in [3.05, 3.63) is 68.6 Å². The van der Waals surface area contributed by atoms with Crippen LogP contribution < -0.4 is 14.9 Å². The second-order valence-corrected chi connectivity index (χ2v) is 8.40. The Morgan fingerprint density at radius 3 is 2.33 bits per heavy atom. The summed E-state index contributed by atoms with van der Waals surface area (Å²) in [6.07, 6.45) is 12.9. The molecular formula is C27H41NO5. The van der Waals surface area contributed by atoms with E-state index in [1.807, 2.05) is 13.0 Å². The summed E-state index contributed by atoms with van der Waals surface area (Å²) < 4.78 is 16.9. The number of pyridine rings is 1. The molecule has 1 heterocycles. The Morgan fingerprint density at radius 2 is 1.79 bits per heavy atom. The van der Waals surface area contributed by atoms with Crippen molar-refractivity contribution in [2.24, 2.45) is 5.92 Å². The molecule has 0 aliphatic heterocycles. The van der Waals surface area contributed by atoms with Crippen molar-refractivity contribution in [3.63, 3.8) is 0 Å². The van der Waals surface area contributed by atoms with E-state index in [4.69, 9.17) is 14.2 Å². The van der Waals surface area contributed by atoms with Gasteiger partial charge in [-0.3, -0.25) is 4.79 Å². The number of hydrogen-bond acceptors (Lipinski definition) is 5. The van der Waals surface area contributed by atoms with Gasteiger partial charge >= 0.3 is 0 Å². The zero-order valence-electron chi connectivity index (χ0n) is 21.7. The van der Waals surface area contributed by atoms with Gasteiger partial charge in [0.05, 0.1) is 26.0 Å². The highest BCUT2D eigenvalue weighted by molar-refractivity contribution is 5.41. The standard InChI is InChI=1S/C27H41NO5/c1-10-12-20(4)25(31-7)21(5)17-19(3)14-11-13-18(2)15-16-23-22(6)24(29)26(32-8)27(33-9)28(23)30/h11-12,14-15,17,21,25,30H,10,13,16H2,1-9H3/b14-11+,18-15+,19-17+,20-12+/t21-,25+/m1/s1. The van der Waals surface area contributed by atoms with Crippen LogP contribution in [0.5, 0.6) is 11.6 Å². The minimum Gasteiger partial charge on any atom is -0.488 e. The molecule has 1 N–H and O–H groups in total. The molecule has 0 fully saturated rings. The van der Waals surface area contributed by atoms with E-state index in [0.717, 1.165) is 23.1 Å². The molecule has 0 saturated carbocycles. The summed E-state index contributed by atoms with van der Waals surface area (Å²) in [6.45, 7) is 12.2. The van der Waals surface area contributed by atoms with Crippen LogP contribution in [0.3, 0.4) is 0 Å². The van der Waals surface area contributed by atoms with Gasteiger partial charge in [0.15, 0.2) is 0 Å². The highest BCUT2D eigenvalue weighted by atomic mass is 16.6. The molecule has 0 amide bonds. The number of ether oxygens (including phenoxy) is 3. The van der Waals surface area contributed by atoms with Crippen LogP contribution >= 0.6 is 0 Å². The zero-order chi connectivity index (χ0) is 25.1. The lowest BCUT2D eigenvalue weighted by molar-refractivity contribution is 0.103. The van der Waals surface area contributed by atoms with Crippen molar-refractivity contribution < 1.29 is 19.4 Å². The molecule has 6 nitrogen and oxygen atoms in total. The lowest BCUT2D eigenvalue weighted by atomic mass is 9.95. The Morgan fingerprint density at radius 1 is 1.12 bits per heavy atom. The van der Waals surface area contributed by atoms with Crippen LogP contribution in [0, 0.1) is 12.8 Å². The fourth-order valence-corrected chi connectivity index (χ4v) is 3.97. The van der Waals surface area contributed by atoms with E-state index in [1.165, 1.54) is 25.4 Å². The van der Waals surface area contributed by atoms with Gasteiger partial charge in [-0.2, -0.15) is 4.73 Å². The van der Waals surface area contributed by atoms with Gasteiger partial charge in [0.25, 0.3) is 5.88 Å². The topological polar surface area (TPSA) is 69.9 Å². The summed E-state index contributed by atoms with van der Waals surface area (Å²) in [6, 6.07) is 0. The second kappa shape index (κ2) is 13.7. The molecule has 184 valence electrons. The Labute approximate surface area is 198 Å². The van der Waals surface area contributed by atoms with E-state index in [0.29, 0.717) is 17.7 Å². The lowest BCUT2D eigenvalue weighted by Crippen LogP contribution is -2.20. The van der Waals surface area contributed by atoms with Crippen LogP contribution in [0.1, 0.15) is 58.7 Å². The second-order valence-electron chi connectivity index (χ2n) is 8.40. The summed E-state index contributed by atoms with van der Waals surface area (Å²) in [5.41, 5.74) is 4.20. The first-order chi connectivity index (χ1) is 15.6. The monoisotopic (exact) mass is 459 g/mol. The van der Waals surface area contributed by atoms with E-state index in [2.05, 4.69) is 52.0 Å². The maximum absolute atomic E-state index is 12.5. The summed E-state index contributed by atoms with van der Waals surface area (Å²) in [4.78, 5) is 12.5. The fraction of sp³-hybridized carbons (Fsp3) is 0.519. The average Bonchev–Trinajstić information content (AvgIpc) is 2.76. The molecule has 2 atom stereocenters. The molecule has 0 aliphatic carbocycles. The van der Waals surface area contributed by atoms with Crippen molar-refractivity contribution in [2.45, 2.75) is 66.9 Å². The maximum atomic E-state index is 12.5. The largest absolute Gasteiger partial charge is 0.488 e. The van der Waals surface area contributed by atoms with Gasteiger partial charge in [-0.1, -0.05) is 55.4 Å². The first-order valence-electron chi connectivity index (χ1n) is 11.4. The SMILES string of the molecule is CC/C=C(\C)[C@H](OC)[C@H](C)/C=C(C)/C=C/C/C(C)=C/Cc1c(C)c(=O)c(OC)c(OC)n1O. The predicted octanol–water partition coefficient (Wildman–Crippen LogP) is 5.80. The highest BCUT2D eigenvalue weighted by Gasteiger charge is 2.20. The Kier molecular flexibility index (Phi) is 11.8. The van der Waals surface area contributed by atoms with Gasteiger partial charge in [-0.15, -0.1) is 0 Å². The van der Waals surface area contributed by atoms with Gasteiger partial charge in [-0.25, -0.2) is 0 Å². The number of allylic oxidation sites excluding steroid dienone is 6. The number of rotatable bonds is 12. The first kappa shape index (κ1) is 28.3. The molecule has 0 bridgehead atoms. The van der Waals surface area contributed by atoms with E-state index in [-0.39, 0.29) is 29.1 Å². The number of nitrogens with zero attached hydrogens (tertiary/aromatic N) is 1. The van der Waals surface area contributed by atoms with Crippen LogP contribution in [0.15, 0.2) is 51.9 Å². The normalized spacial score (nSPS) is 15.1. The summed E-state index contributed by atoms with van der Waals surface area (Å²) in [7, 11) is 4.53. The molecule has 6 heteroatoms. The van der Waals surface area contributed by atoms with E-state index >= 15 is 0 Å². The van der Waals surface area contributed by atoms with Gasteiger partial charge < -0.3 is 19.4 Å². The number of aromatic nitrogens is 1. The first-order valence-corrected chi connectivity index (χ1v) is 11.4. The molecule has 33 heavy (non-hydrogen) atoms. The Bertz CT molecular complexity index is 966. The molecular weight excluding hydrogens is 418 g/mol. The smallest absolute Gasteiger partial charge is 0.274 e. The molecule has 0 aromatic carbocycles. The summed E-state index contributed by atoms with van der Waals surface area (Å²) in [5.74, 6) is 0.271.